The lowest BCUT2D eigenvalue weighted by molar-refractivity contribution is -0.116. The van der Waals surface area contributed by atoms with Crippen LogP contribution in [0, 0.1) is 5.82 Å². The Bertz CT molecular complexity index is 743. The predicted octanol–water partition coefficient (Wildman–Crippen LogP) is 3.09. The molecule has 0 aliphatic carbocycles. The minimum atomic E-state index is -1.10. The number of ether oxygens (including phenoxy) is 1. The SMILES string of the molecule is COc1ccccc1/C(C)=C/C(=O)NCC(O)c1ccccc1F. The number of aliphatic hydroxyl groups excluding tert-OH is 1. The Morgan fingerprint density at radius 1 is 1.25 bits per heavy atom. The maximum atomic E-state index is 13.6. The molecule has 1 amide bonds. The molecule has 2 aromatic carbocycles. The largest absolute Gasteiger partial charge is 0.496 e. The lowest BCUT2D eigenvalue weighted by atomic mass is 10.1. The van der Waals surface area contributed by atoms with E-state index in [9.17, 15) is 14.3 Å². The summed E-state index contributed by atoms with van der Waals surface area (Å²) in [7, 11) is 1.57. The third-order valence-corrected chi connectivity index (χ3v) is 3.61. The first-order valence-corrected chi connectivity index (χ1v) is 7.55. The maximum absolute atomic E-state index is 13.6. The molecule has 24 heavy (non-hydrogen) atoms. The van der Waals surface area contributed by atoms with Crippen LogP contribution in [0.2, 0.25) is 0 Å². The number of nitrogens with one attached hydrogen (secondary N) is 1. The molecular weight excluding hydrogens is 309 g/mol. The second-order valence-corrected chi connectivity index (χ2v) is 5.31. The fourth-order valence-electron chi connectivity index (χ4n) is 2.35. The number of benzene rings is 2. The number of allylic oxidation sites excluding steroid dienone is 1. The molecule has 0 saturated carbocycles. The Balaban J connectivity index is 2.01. The molecule has 2 rings (SSSR count). The number of rotatable bonds is 6. The topological polar surface area (TPSA) is 58.6 Å². The summed E-state index contributed by atoms with van der Waals surface area (Å²) in [5, 5.41) is 12.6. The Morgan fingerprint density at radius 3 is 2.62 bits per heavy atom. The molecule has 0 heterocycles. The lowest BCUT2D eigenvalue weighted by Crippen LogP contribution is -2.27. The molecule has 4 nitrogen and oxygen atoms in total. The maximum Gasteiger partial charge on any atom is 0.244 e. The second kappa shape index (κ2) is 8.26. The number of halogens is 1. The van der Waals surface area contributed by atoms with Crippen molar-refractivity contribution in [2.75, 3.05) is 13.7 Å². The first-order valence-electron chi connectivity index (χ1n) is 7.55. The van der Waals surface area contributed by atoms with Gasteiger partial charge in [0.1, 0.15) is 11.6 Å². The molecule has 2 N–H and O–H groups in total. The van der Waals surface area contributed by atoms with Gasteiger partial charge in [0, 0.05) is 23.7 Å². The summed E-state index contributed by atoms with van der Waals surface area (Å²) in [6.45, 7) is 1.72. The molecule has 0 bridgehead atoms. The van der Waals surface area contributed by atoms with Crippen LogP contribution in [0.1, 0.15) is 24.2 Å². The highest BCUT2D eigenvalue weighted by molar-refractivity contribution is 5.95. The van der Waals surface area contributed by atoms with Gasteiger partial charge < -0.3 is 15.2 Å². The summed E-state index contributed by atoms with van der Waals surface area (Å²) in [6, 6.07) is 13.3. The average Bonchev–Trinajstić information content (AvgIpc) is 2.60. The van der Waals surface area contributed by atoms with E-state index in [1.54, 1.807) is 26.2 Å². The molecular formula is C19H20FNO3. The van der Waals surface area contributed by atoms with Gasteiger partial charge in [0.15, 0.2) is 0 Å². The fraction of sp³-hybridized carbons (Fsp3) is 0.211. The molecule has 0 aromatic heterocycles. The van der Waals surface area contributed by atoms with E-state index in [1.807, 2.05) is 24.3 Å². The van der Waals surface area contributed by atoms with Crippen LogP contribution in [0.4, 0.5) is 4.39 Å². The summed E-state index contributed by atoms with van der Waals surface area (Å²) >= 11 is 0. The van der Waals surface area contributed by atoms with E-state index >= 15 is 0 Å². The standard InChI is InChI=1S/C19H20FNO3/c1-13(14-7-4-6-10-18(14)24-2)11-19(23)21-12-17(22)15-8-3-5-9-16(15)20/h3-11,17,22H,12H2,1-2H3,(H,21,23)/b13-11+. The molecule has 0 spiro atoms. The van der Waals surface area contributed by atoms with Crippen molar-refractivity contribution in [3.05, 3.63) is 71.6 Å². The van der Waals surface area contributed by atoms with Gasteiger partial charge in [0.2, 0.25) is 5.91 Å². The molecule has 1 unspecified atom stereocenters. The van der Waals surface area contributed by atoms with Crippen molar-refractivity contribution in [3.63, 3.8) is 0 Å². The molecule has 0 fully saturated rings. The molecule has 1 atom stereocenters. The van der Waals surface area contributed by atoms with Crippen molar-refractivity contribution < 1.29 is 19.0 Å². The first-order chi connectivity index (χ1) is 11.5. The van der Waals surface area contributed by atoms with Crippen LogP contribution in [0.3, 0.4) is 0 Å². The first kappa shape index (κ1) is 17.7. The molecule has 0 radical (unpaired) electrons. The van der Waals surface area contributed by atoms with E-state index in [2.05, 4.69) is 5.32 Å². The summed E-state index contributed by atoms with van der Waals surface area (Å²) < 4.78 is 18.8. The number of carbonyl (C=O) groups is 1. The number of hydrogen-bond acceptors (Lipinski definition) is 3. The number of aliphatic hydroxyl groups is 1. The Kier molecular flexibility index (Phi) is 6.09. The Morgan fingerprint density at radius 2 is 1.92 bits per heavy atom. The summed E-state index contributed by atoms with van der Waals surface area (Å²) in [5.41, 5.74) is 1.69. The second-order valence-electron chi connectivity index (χ2n) is 5.31. The van der Waals surface area contributed by atoms with Gasteiger partial charge in [-0.05, 0) is 24.6 Å². The third-order valence-electron chi connectivity index (χ3n) is 3.61. The minimum absolute atomic E-state index is 0.0739. The van der Waals surface area contributed by atoms with Crippen LogP contribution in [0.15, 0.2) is 54.6 Å². The normalized spacial score (nSPS) is 12.6. The molecule has 5 heteroatoms. The van der Waals surface area contributed by atoms with E-state index in [0.29, 0.717) is 5.75 Å². The monoisotopic (exact) mass is 329 g/mol. The Labute approximate surface area is 140 Å². The van der Waals surface area contributed by atoms with Gasteiger partial charge >= 0.3 is 0 Å². The average molecular weight is 329 g/mol. The molecule has 2 aromatic rings. The van der Waals surface area contributed by atoms with Gasteiger partial charge in [0.25, 0.3) is 0 Å². The van der Waals surface area contributed by atoms with E-state index < -0.39 is 11.9 Å². The molecule has 126 valence electrons. The zero-order valence-electron chi connectivity index (χ0n) is 13.6. The van der Waals surface area contributed by atoms with E-state index in [4.69, 9.17) is 4.74 Å². The van der Waals surface area contributed by atoms with E-state index in [0.717, 1.165) is 11.1 Å². The van der Waals surface area contributed by atoms with Crippen LogP contribution in [-0.4, -0.2) is 24.7 Å². The highest BCUT2D eigenvalue weighted by Gasteiger charge is 2.13. The quantitative estimate of drug-likeness (QED) is 0.801. The van der Waals surface area contributed by atoms with Crippen molar-refractivity contribution in [2.45, 2.75) is 13.0 Å². The zero-order chi connectivity index (χ0) is 17.5. The minimum Gasteiger partial charge on any atom is -0.496 e. The molecule has 0 aliphatic heterocycles. The van der Waals surface area contributed by atoms with Gasteiger partial charge in [-0.2, -0.15) is 0 Å². The smallest absolute Gasteiger partial charge is 0.244 e. The van der Waals surface area contributed by atoms with Crippen molar-refractivity contribution in [3.8, 4) is 5.75 Å². The third kappa shape index (κ3) is 4.43. The van der Waals surface area contributed by atoms with Crippen LogP contribution in [-0.2, 0) is 4.79 Å². The fourth-order valence-corrected chi connectivity index (χ4v) is 2.35. The van der Waals surface area contributed by atoms with E-state index in [-0.39, 0.29) is 18.0 Å². The van der Waals surface area contributed by atoms with Crippen molar-refractivity contribution >= 4 is 11.5 Å². The van der Waals surface area contributed by atoms with Crippen LogP contribution < -0.4 is 10.1 Å². The number of carbonyl (C=O) groups excluding carboxylic acids is 1. The summed E-state index contributed by atoms with van der Waals surface area (Å²) in [6.07, 6.45) is 0.321. The number of methoxy groups -OCH3 is 1. The predicted molar refractivity (Wildman–Crippen MR) is 91.0 cm³/mol. The van der Waals surface area contributed by atoms with Crippen LogP contribution >= 0.6 is 0 Å². The van der Waals surface area contributed by atoms with Gasteiger partial charge in [0.05, 0.1) is 13.2 Å². The van der Waals surface area contributed by atoms with Crippen molar-refractivity contribution in [1.29, 1.82) is 0 Å². The van der Waals surface area contributed by atoms with Gasteiger partial charge in [-0.15, -0.1) is 0 Å². The Hall–Kier alpha value is -2.66. The molecule has 0 saturated heterocycles. The van der Waals surface area contributed by atoms with Gasteiger partial charge in [-0.1, -0.05) is 36.4 Å². The summed E-state index contributed by atoms with van der Waals surface area (Å²) in [5.74, 6) is -0.195. The van der Waals surface area contributed by atoms with Crippen LogP contribution in [0.25, 0.3) is 5.57 Å². The van der Waals surface area contributed by atoms with Gasteiger partial charge in [-0.25, -0.2) is 4.39 Å². The van der Waals surface area contributed by atoms with Gasteiger partial charge in [-0.3, -0.25) is 4.79 Å². The van der Waals surface area contributed by atoms with Crippen LogP contribution in [0.5, 0.6) is 5.75 Å². The number of hydrogen-bond donors (Lipinski definition) is 2. The van der Waals surface area contributed by atoms with E-state index in [1.165, 1.54) is 18.2 Å². The summed E-state index contributed by atoms with van der Waals surface area (Å²) in [4.78, 5) is 12.0. The molecule has 0 aliphatic rings. The van der Waals surface area contributed by atoms with Crippen molar-refractivity contribution in [2.24, 2.45) is 0 Å². The lowest BCUT2D eigenvalue weighted by Gasteiger charge is -2.13. The highest BCUT2D eigenvalue weighted by atomic mass is 19.1. The number of amides is 1. The highest BCUT2D eigenvalue weighted by Crippen LogP contribution is 2.25. The number of para-hydroxylation sites is 1. The van der Waals surface area contributed by atoms with Crippen molar-refractivity contribution in [1.82, 2.24) is 5.32 Å². The zero-order valence-corrected chi connectivity index (χ0v) is 13.6.